The van der Waals surface area contributed by atoms with E-state index in [-0.39, 0.29) is 12.3 Å². The molecule has 0 saturated carbocycles. The van der Waals surface area contributed by atoms with Crippen molar-refractivity contribution in [3.05, 3.63) is 17.2 Å². The molecule has 0 spiro atoms. The van der Waals surface area contributed by atoms with Crippen LogP contribution < -0.4 is 5.32 Å². The lowest BCUT2D eigenvalue weighted by atomic mass is 10.2. The van der Waals surface area contributed by atoms with Crippen LogP contribution in [0.5, 0.6) is 0 Å². The molecule has 0 unspecified atom stereocenters. The van der Waals surface area contributed by atoms with Crippen LogP contribution >= 0.6 is 11.8 Å². The topological polar surface area (TPSA) is 110 Å². The second kappa shape index (κ2) is 6.32. The average molecular weight is 282 g/mol. The average Bonchev–Trinajstić information content (AvgIpc) is 2.95. The summed E-state index contributed by atoms with van der Waals surface area (Å²) in [6.45, 7) is 4.13. The summed E-state index contributed by atoms with van der Waals surface area (Å²) in [5, 5.41) is 17.5. The normalized spacial score (nSPS) is 10.6. The molecule has 0 saturated heterocycles. The number of nitrogens with zero attached hydrogens (tertiary/aromatic N) is 4. The van der Waals surface area contributed by atoms with Crippen molar-refractivity contribution in [3.63, 3.8) is 0 Å². The van der Waals surface area contributed by atoms with Crippen LogP contribution in [0.3, 0.4) is 0 Å². The molecule has 2 aromatic rings. The summed E-state index contributed by atoms with van der Waals surface area (Å²) in [7, 11) is 0. The molecule has 19 heavy (non-hydrogen) atoms. The molecular weight excluding hydrogens is 268 g/mol. The van der Waals surface area contributed by atoms with Crippen LogP contribution in [0.1, 0.15) is 17.2 Å². The molecule has 2 N–H and O–H groups in total. The van der Waals surface area contributed by atoms with Crippen molar-refractivity contribution < 1.29 is 9.42 Å². The third-order valence-corrected chi connectivity index (χ3v) is 3.16. The molecule has 0 aromatic carbocycles. The van der Waals surface area contributed by atoms with Crippen molar-refractivity contribution in [2.75, 3.05) is 12.3 Å². The van der Waals surface area contributed by atoms with Crippen LogP contribution in [0.25, 0.3) is 0 Å². The lowest BCUT2D eigenvalue weighted by Gasteiger charge is -2.02. The first-order valence-corrected chi connectivity index (χ1v) is 6.70. The van der Waals surface area contributed by atoms with E-state index in [1.165, 1.54) is 11.8 Å². The minimum atomic E-state index is -0.106. The predicted octanol–water partition coefficient (Wildman–Crippen LogP) is 0.256. The monoisotopic (exact) mass is 282 g/mol. The van der Waals surface area contributed by atoms with Crippen molar-refractivity contribution >= 4 is 17.7 Å². The van der Waals surface area contributed by atoms with E-state index in [4.69, 9.17) is 0 Å². The fourth-order valence-corrected chi connectivity index (χ4v) is 2.04. The number of amides is 1. The van der Waals surface area contributed by atoms with Crippen molar-refractivity contribution in [3.8, 4) is 0 Å². The Morgan fingerprint density at radius 2 is 2.26 bits per heavy atom. The Kier molecular flexibility index (Phi) is 4.50. The maximum Gasteiger partial charge on any atom is 0.226 e. The molecule has 0 bridgehead atoms. The zero-order valence-electron chi connectivity index (χ0n) is 10.6. The highest BCUT2D eigenvalue weighted by Crippen LogP contribution is 2.10. The summed E-state index contributed by atoms with van der Waals surface area (Å²) in [6, 6.07) is 0. The van der Waals surface area contributed by atoms with Gasteiger partial charge >= 0.3 is 0 Å². The number of hydrogen-bond donors (Lipinski definition) is 2. The first-order valence-electron chi connectivity index (χ1n) is 5.71. The number of carbonyl (C=O) groups is 1. The zero-order chi connectivity index (χ0) is 13.7. The van der Waals surface area contributed by atoms with E-state index >= 15 is 0 Å². The van der Waals surface area contributed by atoms with Gasteiger partial charge in [-0.2, -0.15) is 0 Å². The van der Waals surface area contributed by atoms with Crippen LogP contribution in [0.15, 0.2) is 9.79 Å². The first kappa shape index (κ1) is 13.5. The quantitative estimate of drug-likeness (QED) is 0.577. The van der Waals surface area contributed by atoms with Gasteiger partial charge in [0.05, 0.1) is 6.42 Å². The number of thioether (sulfide) groups is 1. The minimum absolute atomic E-state index is 0.106. The molecule has 8 nitrogen and oxygen atoms in total. The van der Waals surface area contributed by atoms with E-state index < -0.39 is 0 Å². The number of carbonyl (C=O) groups excluding carboxylic acids is 1. The minimum Gasteiger partial charge on any atom is -0.355 e. The smallest absolute Gasteiger partial charge is 0.226 e. The second-order valence-electron chi connectivity index (χ2n) is 3.87. The Bertz CT molecular complexity index is 552. The molecule has 2 rings (SSSR count). The largest absolute Gasteiger partial charge is 0.355 e. The molecule has 102 valence electrons. The fraction of sp³-hybridized carbons (Fsp3) is 0.500. The van der Waals surface area contributed by atoms with Crippen LogP contribution in [0, 0.1) is 13.8 Å². The van der Waals surface area contributed by atoms with E-state index in [9.17, 15) is 4.79 Å². The third-order valence-electron chi connectivity index (χ3n) is 2.31. The van der Waals surface area contributed by atoms with E-state index in [0.717, 1.165) is 5.82 Å². The second-order valence-corrected chi connectivity index (χ2v) is 4.94. The SMILES string of the molecule is Cc1nc(SCCNC(=O)Cc2nonc2C)n[nH]1. The summed E-state index contributed by atoms with van der Waals surface area (Å²) in [5.41, 5.74) is 1.20. The molecule has 0 fully saturated rings. The van der Waals surface area contributed by atoms with E-state index in [1.807, 2.05) is 6.92 Å². The molecule has 2 aromatic heterocycles. The molecule has 0 radical (unpaired) electrons. The maximum atomic E-state index is 11.6. The van der Waals surface area contributed by atoms with Gasteiger partial charge in [0.2, 0.25) is 11.1 Å². The van der Waals surface area contributed by atoms with Gasteiger partial charge in [-0.1, -0.05) is 22.1 Å². The van der Waals surface area contributed by atoms with Crippen molar-refractivity contribution in [2.45, 2.75) is 25.4 Å². The maximum absolute atomic E-state index is 11.6. The van der Waals surface area contributed by atoms with Crippen LogP contribution in [-0.4, -0.2) is 43.7 Å². The van der Waals surface area contributed by atoms with E-state index in [0.29, 0.717) is 28.8 Å². The van der Waals surface area contributed by atoms with Crippen LogP contribution in [0.4, 0.5) is 0 Å². The highest BCUT2D eigenvalue weighted by atomic mass is 32.2. The summed E-state index contributed by atoms with van der Waals surface area (Å²) in [6.07, 6.45) is 0.180. The third kappa shape index (κ3) is 4.05. The summed E-state index contributed by atoms with van der Waals surface area (Å²) in [4.78, 5) is 15.8. The summed E-state index contributed by atoms with van der Waals surface area (Å²) < 4.78 is 4.53. The highest BCUT2D eigenvalue weighted by Gasteiger charge is 2.10. The van der Waals surface area contributed by atoms with Gasteiger partial charge in [-0.25, -0.2) is 9.61 Å². The van der Waals surface area contributed by atoms with Gasteiger partial charge in [-0.15, -0.1) is 5.10 Å². The Labute approximate surface area is 113 Å². The van der Waals surface area contributed by atoms with Gasteiger partial charge in [-0.3, -0.25) is 9.89 Å². The Morgan fingerprint density at radius 1 is 1.42 bits per heavy atom. The molecule has 0 atom stereocenters. The summed E-state index contributed by atoms with van der Waals surface area (Å²) >= 11 is 1.48. The highest BCUT2D eigenvalue weighted by molar-refractivity contribution is 7.99. The number of hydrogen-bond acceptors (Lipinski definition) is 7. The number of aromatic amines is 1. The number of nitrogens with one attached hydrogen (secondary N) is 2. The van der Waals surface area contributed by atoms with Gasteiger partial charge in [0, 0.05) is 12.3 Å². The van der Waals surface area contributed by atoms with Crippen LogP contribution in [-0.2, 0) is 11.2 Å². The number of H-pyrrole nitrogens is 1. The van der Waals surface area contributed by atoms with Crippen molar-refractivity contribution in [2.24, 2.45) is 0 Å². The molecule has 1 amide bonds. The molecule has 9 heteroatoms. The molecule has 0 aliphatic carbocycles. The molecule has 0 aliphatic rings. The van der Waals surface area contributed by atoms with E-state index in [2.05, 4.69) is 35.4 Å². The molecular formula is C10H14N6O2S. The lowest BCUT2D eigenvalue weighted by Crippen LogP contribution is -2.27. The zero-order valence-corrected chi connectivity index (χ0v) is 11.5. The number of aryl methyl sites for hydroxylation is 2. The van der Waals surface area contributed by atoms with Crippen molar-refractivity contribution in [1.82, 2.24) is 30.8 Å². The number of aromatic nitrogens is 5. The Balaban J connectivity index is 1.66. The van der Waals surface area contributed by atoms with Gasteiger partial charge < -0.3 is 5.32 Å². The Morgan fingerprint density at radius 3 is 2.89 bits per heavy atom. The van der Waals surface area contributed by atoms with Gasteiger partial charge in [0.15, 0.2) is 0 Å². The molecule has 0 aliphatic heterocycles. The lowest BCUT2D eigenvalue weighted by molar-refractivity contribution is -0.120. The molecule has 2 heterocycles. The van der Waals surface area contributed by atoms with Gasteiger partial charge in [-0.05, 0) is 13.8 Å². The fourth-order valence-electron chi connectivity index (χ4n) is 1.34. The van der Waals surface area contributed by atoms with Crippen LogP contribution in [0.2, 0.25) is 0 Å². The number of rotatable bonds is 6. The standard InChI is InChI=1S/C10H14N6O2S/c1-6-8(16-18-15-6)5-9(17)11-3-4-19-10-12-7(2)13-14-10/h3-5H2,1-2H3,(H,11,17)(H,12,13,14). The summed E-state index contributed by atoms with van der Waals surface area (Å²) in [5.74, 6) is 1.38. The van der Waals surface area contributed by atoms with Gasteiger partial charge in [0.1, 0.15) is 17.2 Å². The van der Waals surface area contributed by atoms with Gasteiger partial charge in [0.25, 0.3) is 0 Å². The first-order chi connectivity index (χ1) is 9.15. The van der Waals surface area contributed by atoms with Crippen molar-refractivity contribution in [1.29, 1.82) is 0 Å². The Hall–Kier alpha value is -1.90. The van der Waals surface area contributed by atoms with E-state index in [1.54, 1.807) is 6.92 Å². The predicted molar refractivity (Wildman–Crippen MR) is 67.6 cm³/mol.